The Morgan fingerprint density at radius 2 is 2.21 bits per heavy atom. The maximum absolute atomic E-state index is 9.30. The minimum atomic E-state index is -0.378. The number of hydrogen-bond acceptors (Lipinski definition) is 4. The van der Waals surface area contributed by atoms with Crippen LogP contribution in [0.2, 0.25) is 0 Å². The van der Waals surface area contributed by atoms with Crippen LogP contribution in [0.15, 0.2) is 0 Å². The Labute approximate surface area is 118 Å². The molecule has 0 spiro atoms. The van der Waals surface area contributed by atoms with Crippen molar-refractivity contribution in [2.45, 2.75) is 64.6 Å². The minimum Gasteiger partial charge on any atom is -0.376 e. The summed E-state index contributed by atoms with van der Waals surface area (Å²) in [5.74, 6) is 0. The van der Waals surface area contributed by atoms with Crippen molar-refractivity contribution in [3.63, 3.8) is 0 Å². The van der Waals surface area contributed by atoms with Crippen LogP contribution in [0.1, 0.15) is 47.0 Å². The molecular formula is C15H29N3O. The van der Waals surface area contributed by atoms with Gasteiger partial charge in [-0.1, -0.05) is 6.92 Å². The number of nitrogens with one attached hydrogen (secondary N) is 1. The Kier molecular flexibility index (Phi) is 6.78. The highest BCUT2D eigenvalue weighted by Crippen LogP contribution is 2.16. The second-order valence-electron chi connectivity index (χ2n) is 5.96. The molecule has 4 nitrogen and oxygen atoms in total. The highest BCUT2D eigenvalue weighted by Gasteiger charge is 2.25. The van der Waals surface area contributed by atoms with Gasteiger partial charge >= 0.3 is 0 Å². The van der Waals surface area contributed by atoms with Crippen molar-refractivity contribution in [3.05, 3.63) is 0 Å². The second-order valence-corrected chi connectivity index (χ2v) is 5.96. The fourth-order valence-electron chi connectivity index (χ4n) is 2.50. The van der Waals surface area contributed by atoms with E-state index < -0.39 is 0 Å². The monoisotopic (exact) mass is 267 g/mol. The molecule has 1 aliphatic rings. The Morgan fingerprint density at radius 1 is 1.47 bits per heavy atom. The molecule has 19 heavy (non-hydrogen) atoms. The largest absolute Gasteiger partial charge is 0.376 e. The maximum Gasteiger partial charge on any atom is 0.103 e. The van der Waals surface area contributed by atoms with Gasteiger partial charge < -0.3 is 4.74 Å². The van der Waals surface area contributed by atoms with E-state index in [1.54, 1.807) is 0 Å². The summed E-state index contributed by atoms with van der Waals surface area (Å²) in [5.41, 5.74) is -0.378. The van der Waals surface area contributed by atoms with E-state index in [0.717, 1.165) is 45.5 Å². The number of ether oxygens (including phenoxy) is 1. The lowest BCUT2D eigenvalue weighted by atomic mass is 9.97. The lowest BCUT2D eigenvalue weighted by molar-refractivity contribution is -0.0499. The van der Waals surface area contributed by atoms with Crippen LogP contribution in [0.25, 0.3) is 0 Å². The third-order valence-corrected chi connectivity index (χ3v) is 3.87. The molecule has 1 fully saturated rings. The summed E-state index contributed by atoms with van der Waals surface area (Å²) in [6.45, 7) is 12.3. The fourth-order valence-corrected chi connectivity index (χ4v) is 2.50. The smallest absolute Gasteiger partial charge is 0.103 e. The second kappa shape index (κ2) is 7.84. The van der Waals surface area contributed by atoms with Crippen LogP contribution in [0.5, 0.6) is 0 Å². The van der Waals surface area contributed by atoms with Gasteiger partial charge in [0.1, 0.15) is 5.54 Å². The van der Waals surface area contributed by atoms with E-state index in [1.165, 1.54) is 0 Å². The van der Waals surface area contributed by atoms with E-state index in [-0.39, 0.29) is 5.54 Å². The van der Waals surface area contributed by atoms with Gasteiger partial charge in [-0.3, -0.25) is 10.2 Å². The molecule has 3 atom stereocenters. The normalized spacial score (nSPS) is 27.7. The topological polar surface area (TPSA) is 48.3 Å². The molecule has 3 unspecified atom stereocenters. The summed E-state index contributed by atoms with van der Waals surface area (Å²) < 4.78 is 5.64. The Hall–Kier alpha value is -0.630. The molecule has 0 aromatic heterocycles. The molecule has 0 aromatic rings. The quantitative estimate of drug-likeness (QED) is 0.768. The van der Waals surface area contributed by atoms with Gasteiger partial charge in [-0.15, -0.1) is 0 Å². The molecule has 1 rings (SSSR count). The summed E-state index contributed by atoms with van der Waals surface area (Å²) >= 11 is 0. The zero-order valence-corrected chi connectivity index (χ0v) is 12.9. The lowest BCUT2D eigenvalue weighted by Gasteiger charge is -2.37. The average Bonchev–Trinajstić information content (AvgIpc) is 2.40. The van der Waals surface area contributed by atoms with Crippen molar-refractivity contribution in [2.75, 3.05) is 26.2 Å². The van der Waals surface area contributed by atoms with Crippen LogP contribution in [-0.2, 0) is 4.74 Å². The van der Waals surface area contributed by atoms with Gasteiger partial charge in [0.2, 0.25) is 0 Å². The number of nitriles is 1. The molecule has 1 N–H and O–H groups in total. The Morgan fingerprint density at radius 3 is 2.84 bits per heavy atom. The third kappa shape index (κ3) is 5.48. The summed E-state index contributed by atoms with van der Waals surface area (Å²) in [7, 11) is 0. The summed E-state index contributed by atoms with van der Waals surface area (Å²) in [5, 5.41) is 12.6. The number of morpholine rings is 1. The van der Waals surface area contributed by atoms with E-state index in [1.807, 2.05) is 6.92 Å². The Bertz CT molecular complexity index is 302. The SMILES string of the molecule is CCCNC(C)(C#N)CCCN1CC(C)OCC1C. The molecule has 0 saturated carbocycles. The molecule has 1 heterocycles. The van der Waals surface area contributed by atoms with Crippen LogP contribution in [-0.4, -0.2) is 48.8 Å². The molecule has 1 saturated heterocycles. The van der Waals surface area contributed by atoms with Crippen molar-refractivity contribution in [3.8, 4) is 6.07 Å². The van der Waals surface area contributed by atoms with E-state index in [2.05, 4.69) is 37.1 Å². The summed E-state index contributed by atoms with van der Waals surface area (Å²) in [6.07, 6.45) is 3.35. The predicted octanol–water partition coefficient (Wildman–Crippen LogP) is 2.16. The van der Waals surface area contributed by atoms with Crippen LogP contribution < -0.4 is 5.32 Å². The third-order valence-electron chi connectivity index (χ3n) is 3.87. The van der Waals surface area contributed by atoms with Gasteiger partial charge in [-0.25, -0.2) is 0 Å². The van der Waals surface area contributed by atoms with Crippen molar-refractivity contribution in [2.24, 2.45) is 0 Å². The zero-order valence-electron chi connectivity index (χ0n) is 12.9. The standard InChI is InChI=1S/C15H29N3O/c1-5-8-17-15(4,12-16)7-6-9-18-10-14(3)19-11-13(18)2/h13-14,17H,5-11H2,1-4H3. The van der Waals surface area contributed by atoms with E-state index >= 15 is 0 Å². The lowest BCUT2D eigenvalue weighted by Crippen LogP contribution is -2.48. The molecule has 0 amide bonds. The number of rotatable bonds is 7. The fraction of sp³-hybridized carbons (Fsp3) is 0.933. The predicted molar refractivity (Wildman–Crippen MR) is 78.0 cm³/mol. The summed E-state index contributed by atoms with van der Waals surface area (Å²) in [6, 6.07) is 2.91. The van der Waals surface area contributed by atoms with Gasteiger partial charge in [0.25, 0.3) is 0 Å². The maximum atomic E-state index is 9.30. The zero-order chi connectivity index (χ0) is 14.3. The molecule has 0 aliphatic carbocycles. The first-order valence-electron chi connectivity index (χ1n) is 7.52. The average molecular weight is 267 g/mol. The van der Waals surface area contributed by atoms with Crippen molar-refractivity contribution in [1.29, 1.82) is 5.26 Å². The summed E-state index contributed by atoms with van der Waals surface area (Å²) in [4.78, 5) is 2.48. The highest BCUT2D eigenvalue weighted by molar-refractivity contribution is 5.03. The van der Waals surface area contributed by atoms with Gasteiger partial charge in [-0.05, 0) is 53.1 Å². The van der Waals surface area contributed by atoms with Crippen molar-refractivity contribution >= 4 is 0 Å². The van der Waals surface area contributed by atoms with Gasteiger partial charge in [-0.2, -0.15) is 5.26 Å². The molecule has 4 heteroatoms. The van der Waals surface area contributed by atoms with Gasteiger partial charge in [0.05, 0.1) is 18.8 Å². The van der Waals surface area contributed by atoms with Crippen molar-refractivity contribution in [1.82, 2.24) is 10.2 Å². The van der Waals surface area contributed by atoms with Crippen LogP contribution >= 0.6 is 0 Å². The first kappa shape index (κ1) is 16.4. The van der Waals surface area contributed by atoms with Gasteiger partial charge in [0, 0.05) is 12.6 Å². The first-order valence-corrected chi connectivity index (χ1v) is 7.52. The minimum absolute atomic E-state index is 0.330. The van der Waals surface area contributed by atoms with Crippen LogP contribution in [0, 0.1) is 11.3 Å². The molecule has 0 radical (unpaired) electrons. The van der Waals surface area contributed by atoms with E-state index in [9.17, 15) is 5.26 Å². The van der Waals surface area contributed by atoms with Crippen LogP contribution in [0.3, 0.4) is 0 Å². The van der Waals surface area contributed by atoms with Crippen LogP contribution in [0.4, 0.5) is 0 Å². The molecule has 0 bridgehead atoms. The highest BCUT2D eigenvalue weighted by atomic mass is 16.5. The number of nitrogens with zero attached hydrogens (tertiary/aromatic N) is 2. The van der Waals surface area contributed by atoms with Gasteiger partial charge in [0.15, 0.2) is 0 Å². The molecule has 110 valence electrons. The first-order chi connectivity index (χ1) is 9.00. The van der Waals surface area contributed by atoms with Crippen molar-refractivity contribution < 1.29 is 4.74 Å². The van der Waals surface area contributed by atoms with E-state index in [0.29, 0.717) is 12.1 Å². The number of hydrogen-bond donors (Lipinski definition) is 1. The Balaban J connectivity index is 2.33. The molecule has 1 aliphatic heterocycles. The molecule has 0 aromatic carbocycles. The molecular weight excluding hydrogens is 238 g/mol. The van der Waals surface area contributed by atoms with E-state index in [4.69, 9.17) is 4.74 Å².